The van der Waals surface area contributed by atoms with Crippen LogP contribution in [0, 0.1) is 0 Å². The molecule has 1 amide bonds. The number of primary amides is 1. The molecule has 0 heterocycles. The highest BCUT2D eigenvalue weighted by Crippen LogP contribution is 2.14. The summed E-state index contributed by atoms with van der Waals surface area (Å²) in [6, 6.07) is 0. The summed E-state index contributed by atoms with van der Waals surface area (Å²) in [7, 11) is 0. The van der Waals surface area contributed by atoms with E-state index < -0.39 is 0 Å². The van der Waals surface area contributed by atoms with Crippen LogP contribution in [0.4, 0.5) is 0 Å². The molecule has 0 rings (SSSR count). The third-order valence-electron chi connectivity index (χ3n) is 4.10. The van der Waals surface area contributed by atoms with Gasteiger partial charge in [0, 0.05) is 6.42 Å². The zero-order chi connectivity index (χ0) is 15.8. The Bertz CT molecular complexity index is 231. The zero-order valence-electron chi connectivity index (χ0n) is 14.1. The molecule has 3 heteroatoms. The molecule has 0 bridgehead atoms. The van der Waals surface area contributed by atoms with Crippen LogP contribution >= 0.6 is 0 Å². The summed E-state index contributed by atoms with van der Waals surface area (Å²) < 4.78 is 0. The lowest BCUT2D eigenvalue weighted by atomic mass is 10.0. The lowest BCUT2D eigenvalue weighted by Gasteiger charge is -2.10. The molecule has 0 aliphatic heterocycles. The smallest absolute Gasteiger partial charge is 0.217 e. The molecular formula is C18H37NO2. The predicted octanol–water partition coefficient (Wildman–Crippen LogP) is 4.70. The summed E-state index contributed by atoms with van der Waals surface area (Å²) in [6.07, 6.45) is 16.9. The fraction of sp³-hybridized carbons (Fsp3) is 0.944. The molecule has 0 radical (unpaired) electrons. The van der Waals surface area contributed by atoms with Gasteiger partial charge < -0.3 is 10.8 Å². The molecule has 0 aliphatic carbocycles. The van der Waals surface area contributed by atoms with Crippen LogP contribution < -0.4 is 5.73 Å². The Labute approximate surface area is 131 Å². The van der Waals surface area contributed by atoms with E-state index in [0.717, 1.165) is 32.1 Å². The van der Waals surface area contributed by atoms with E-state index in [2.05, 4.69) is 6.92 Å². The van der Waals surface area contributed by atoms with Gasteiger partial charge in [0.05, 0.1) is 6.10 Å². The van der Waals surface area contributed by atoms with Crippen molar-refractivity contribution in [2.75, 3.05) is 0 Å². The predicted molar refractivity (Wildman–Crippen MR) is 90.1 cm³/mol. The van der Waals surface area contributed by atoms with Crippen molar-refractivity contribution in [1.29, 1.82) is 0 Å². The number of hydrogen-bond donors (Lipinski definition) is 2. The lowest BCUT2D eigenvalue weighted by Crippen LogP contribution is -2.09. The van der Waals surface area contributed by atoms with E-state index in [9.17, 15) is 9.90 Å². The Morgan fingerprint density at radius 1 is 0.810 bits per heavy atom. The molecule has 0 saturated carbocycles. The summed E-state index contributed by atoms with van der Waals surface area (Å²) in [5.41, 5.74) is 5.10. The first-order chi connectivity index (χ1) is 10.2. The van der Waals surface area contributed by atoms with Crippen LogP contribution in [-0.4, -0.2) is 17.1 Å². The molecule has 0 aromatic rings. The van der Waals surface area contributed by atoms with E-state index in [0.29, 0.717) is 6.42 Å². The Kier molecular flexibility index (Phi) is 15.4. The molecule has 21 heavy (non-hydrogen) atoms. The van der Waals surface area contributed by atoms with Crippen LogP contribution in [0.2, 0.25) is 0 Å². The number of carbonyl (C=O) groups excluding carboxylic acids is 1. The van der Waals surface area contributed by atoms with Gasteiger partial charge in [-0.05, 0) is 19.3 Å². The van der Waals surface area contributed by atoms with Gasteiger partial charge >= 0.3 is 0 Å². The molecular weight excluding hydrogens is 262 g/mol. The third kappa shape index (κ3) is 17.4. The molecule has 0 spiro atoms. The average Bonchev–Trinajstić information content (AvgIpc) is 2.45. The van der Waals surface area contributed by atoms with Gasteiger partial charge in [0.2, 0.25) is 5.91 Å². The van der Waals surface area contributed by atoms with E-state index in [-0.39, 0.29) is 12.0 Å². The van der Waals surface area contributed by atoms with E-state index in [1.165, 1.54) is 57.8 Å². The first-order valence-corrected chi connectivity index (χ1v) is 9.13. The van der Waals surface area contributed by atoms with Crippen molar-refractivity contribution in [1.82, 2.24) is 0 Å². The fourth-order valence-corrected chi connectivity index (χ4v) is 2.69. The molecule has 0 aliphatic rings. The summed E-state index contributed by atoms with van der Waals surface area (Å²) >= 11 is 0. The molecule has 0 aromatic carbocycles. The minimum atomic E-state index is -0.178. The second kappa shape index (κ2) is 15.8. The summed E-state index contributed by atoms with van der Waals surface area (Å²) in [6.45, 7) is 2.22. The minimum Gasteiger partial charge on any atom is -0.393 e. The van der Waals surface area contributed by atoms with E-state index in [1.54, 1.807) is 0 Å². The second-order valence-electron chi connectivity index (χ2n) is 6.34. The van der Waals surface area contributed by atoms with E-state index in [1.807, 2.05) is 0 Å². The van der Waals surface area contributed by atoms with Gasteiger partial charge in [-0.25, -0.2) is 0 Å². The molecule has 1 atom stereocenters. The minimum absolute atomic E-state index is 0.0735. The van der Waals surface area contributed by atoms with E-state index >= 15 is 0 Å². The zero-order valence-corrected chi connectivity index (χ0v) is 14.1. The Morgan fingerprint density at radius 2 is 1.24 bits per heavy atom. The third-order valence-corrected chi connectivity index (χ3v) is 4.10. The molecule has 3 nitrogen and oxygen atoms in total. The highest BCUT2D eigenvalue weighted by molar-refractivity contribution is 5.73. The standard InChI is InChI=1S/C18H37NO2/c1-2-3-4-11-14-17(20)15-12-9-7-5-6-8-10-13-16-18(19)21/h17,20H,2-16H2,1H3,(H2,19,21)/t17-/m0/s1. The summed E-state index contributed by atoms with van der Waals surface area (Å²) in [5.74, 6) is -0.178. The van der Waals surface area contributed by atoms with Gasteiger partial charge in [0.1, 0.15) is 0 Å². The monoisotopic (exact) mass is 299 g/mol. The maximum absolute atomic E-state index is 10.6. The fourth-order valence-electron chi connectivity index (χ4n) is 2.69. The summed E-state index contributed by atoms with van der Waals surface area (Å²) in [5, 5.41) is 9.86. The molecule has 0 fully saturated rings. The SMILES string of the molecule is CCCCCC[C@H](O)CCCCCCCCCCC(N)=O. The van der Waals surface area contributed by atoms with Gasteiger partial charge in [-0.1, -0.05) is 77.6 Å². The highest BCUT2D eigenvalue weighted by atomic mass is 16.3. The van der Waals surface area contributed by atoms with Crippen LogP contribution in [0.3, 0.4) is 0 Å². The van der Waals surface area contributed by atoms with Gasteiger partial charge in [0.15, 0.2) is 0 Å². The summed E-state index contributed by atoms with van der Waals surface area (Å²) in [4.78, 5) is 10.6. The van der Waals surface area contributed by atoms with Gasteiger partial charge in [-0.2, -0.15) is 0 Å². The number of aliphatic hydroxyl groups excluding tert-OH is 1. The van der Waals surface area contributed by atoms with Crippen molar-refractivity contribution in [3.05, 3.63) is 0 Å². The number of rotatable bonds is 16. The number of nitrogens with two attached hydrogens (primary N) is 1. The highest BCUT2D eigenvalue weighted by Gasteiger charge is 2.03. The topological polar surface area (TPSA) is 63.3 Å². The first-order valence-electron chi connectivity index (χ1n) is 9.13. The molecule has 0 saturated heterocycles. The second-order valence-corrected chi connectivity index (χ2v) is 6.34. The van der Waals surface area contributed by atoms with Crippen LogP contribution in [0.5, 0.6) is 0 Å². The molecule has 0 unspecified atom stereocenters. The Balaban J connectivity index is 3.12. The Morgan fingerprint density at radius 3 is 1.71 bits per heavy atom. The molecule has 3 N–H and O–H groups in total. The van der Waals surface area contributed by atoms with Crippen molar-refractivity contribution < 1.29 is 9.90 Å². The lowest BCUT2D eigenvalue weighted by molar-refractivity contribution is -0.118. The quantitative estimate of drug-likeness (QED) is 0.406. The van der Waals surface area contributed by atoms with Crippen molar-refractivity contribution in [2.24, 2.45) is 5.73 Å². The van der Waals surface area contributed by atoms with Gasteiger partial charge in [0.25, 0.3) is 0 Å². The average molecular weight is 299 g/mol. The van der Waals surface area contributed by atoms with Gasteiger partial charge in [-0.3, -0.25) is 4.79 Å². The largest absolute Gasteiger partial charge is 0.393 e. The number of aliphatic hydroxyl groups is 1. The first kappa shape index (κ1) is 20.4. The van der Waals surface area contributed by atoms with Crippen LogP contribution in [0.15, 0.2) is 0 Å². The number of amides is 1. The Hall–Kier alpha value is -0.570. The number of carbonyl (C=O) groups is 1. The molecule has 0 aromatic heterocycles. The van der Waals surface area contributed by atoms with Crippen LogP contribution in [0.25, 0.3) is 0 Å². The maximum Gasteiger partial charge on any atom is 0.217 e. The number of hydrogen-bond acceptors (Lipinski definition) is 2. The number of unbranched alkanes of at least 4 members (excludes halogenated alkanes) is 10. The van der Waals surface area contributed by atoms with Crippen molar-refractivity contribution in [3.8, 4) is 0 Å². The molecule has 126 valence electrons. The van der Waals surface area contributed by atoms with Crippen molar-refractivity contribution in [2.45, 2.75) is 109 Å². The van der Waals surface area contributed by atoms with Crippen molar-refractivity contribution in [3.63, 3.8) is 0 Å². The maximum atomic E-state index is 10.6. The van der Waals surface area contributed by atoms with E-state index in [4.69, 9.17) is 5.73 Å². The van der Waals surface area contributed by atoms with Crippen LogP contribution in [-0.2, 0) is 4.79 Å². The van der Waals surface area contributed by atoms with Crippen LogP contribution in [0.1, 0.15) is 103 Å². The van der Waals surface area contributed by atoms with Gasteiger partial charge in [-0.15, -0.1) is 0 Å². The normalized spacial score (nSPS) is 12.5. The van der Waals surface area contributed by atoms with Crippen molar-refractivity contribution >= 4 is 5.91 Å².